The minimum absolute atomic E-state index is 0. The summed E-state index contributed by atoms with van der Waals surface area (Å²) in [5.41, 5.74) is 0. The van der Waals surface area contributed by atoms with Gasteiger partial charge in [-0.15, -0.1) is 12.4 Å². The van der Waals surface area contributed by atoms with Gasteiger partial charge in [0.2, 0.25) is 5.91 Å². The van der Waals surface area contributed by atoms with Gasteiger partial charge in [0.1, 0.15) is 0 Å². The molecule has 2 rings (SSSR count). The van der Waals surface area contributed by atoms with E-state index in [9.17, 15) is 4.79 Å². The maximum absolute atomic E-state index is 11.8. The van der Waals surface area contributed by atoms with Gasteiger partial charge < -0.3 is 10.2 Å². The van der Waals surface area contributed by atoms with Crippen molar-refractivity contribution >= 4 is 18.3 Å². The fourth-order valence-corrected chi connectivity index (χ4v) is 2.43. The molecule has 0 aromatic rings. The van der Waals surface area contributed by atoms with Crippen LogP contribution in [-0.4, -0.2) is 37.0 Å². The highest BCUT2D eigenvalue weighted by Crippen LogP contribution is 2.27. The molecule has 3 nitrogen and oxygen atoms in total. The largest absolute Gasteiger partial charge is 0.342 e. The van der Waals surface area contributed by atoms with E-state index in [0.29, 0.717) is 23.7 Å². The molecule has 2 saturated heterocycles. The Bertz CT molecular complexity index is 220. The van der Waals surface area contributed by atoms with E-state index in [1.807, 2.05) is 4.90 Å². The van der Waals surface area contributed by atoms with Crippen molar-refractivity contribution in [2.24, 2.45) is 17.8 Å². The zero-order valence-electron chi connectivity index (χ0n) is 8.82. The molecule has 2 atom stereocenters. The molecule has 0 bridgehead atoms. The molecular formula is C10H19ClN2O. The number of hydrogen-bond donors (Lipinski definition) is 1. The lowest BCUT2D eigenvalue weighted by atomic mass is 10.0. The highest BCUT2D eigenvalue weighted by molar-refractivity contribution is 5.85. The lowest BCUT2D eigenvalue weighted by Gasteiger charge is -2.19. The first kappa shape index (κ1) is 11.8. The summed E-state index contributed by atoms with van der Waals surface area (Å²) >= 11 is 0. The van der Waals surface area contributed by atoms with E-state index in [2.05, 4.69) is 19.2 Å². The molecule has 0 unspecified atom stereocenters. The molecule has 2 aliphatic heterocycles. The summed E-state index contributed by atoms with van der Waals surface area (Å²) in [7, 11) is 0. The molecule has 0 radical (unpaired) electrons. The Labute approximate surface area is 91.6 Å². The normalized spacial score (nSPS) is 30.8. The number of carbonyl (C=O) groups is 1. The van der Waals surface area contributed by atoms with E-state index < -0.39 is 0 Å². The molecule has 0 aromatic carbocycles. The number of fused-ring (bicyclic) bond motifs is 1. The third-order valence-electron chi connectivity index (χ3n) is 3.01. The van der Waals surface area contributed by atoms with Gasteiger partial charge in [0.25, 0.3) is 0 Å². The van der Waals surface area contributed by atoms with Gasteiger partial charge in [-0.25, -0.2) is 0 Å². The molecule has 2 aliphatic rings. The van der Waals surface area contributed by atoms with Crippen LogP contribution in [0.5, 0.6) is 0 Å². The predicted molar refractivity (Wildman–Crippen MR) is 58.5 cm³/mol. The van der Waals surface area contributed by atoms with Crippen molar-refractivity contribution in [3.05, 3.63) is 0 Å². The highest BCUT2D eigenvalue weighted by atomic mass is 35.5. The zero-order valence-corrected chi connectivity index (χ0v) is 9.64. The summed E-state index contributed by atoms with van der Waals surface area (Å²) < 4.78 is 0. The van der Waals surface area contributed by atoms with E-state index in [0.717, 1.165) is 26.2 Å². The Kier molecular flexibility index (Phi) is 3.78. The van der Waals surface area contributed by atoms with E-state index in [4.69, 9.17) is 0 Å². The van der Waals surface area contributed by atoms with Crippen molar-refractivity contribution in [1.82, 2.24) is 10.2 Å². The number of carbonyl (C=O) groups excluding carboxylic acids is 1. The minimum Gasteiger partial charge on any atom is -0.342 e. The number of nitrogens with one attached hydrogen (secondary N) is 1. The van der Waals surface area contributed by atoms with E-state index in [1.165, 1.54) is 0 Å². The van der Waals surface area contributed by atoms with Crippen molar-refractivity contribution in [3.8, 4) is 0 Å². The van der Waals surface area contributed by atoms with Crippen LogP contribution in [0.1, 0.15) is 13.8 Å². The molecule has 2 heterocycles. The van der Waals surface area contributed by atoms with Gasteiger partial charge in [-0.2, -0.15) is 0 Å². The highest BCUT2D eigenvalue weighted by Gasteiger charge is 2.42. The monoisotopic (exact) mass is 218 g/mol. The van der Waals surface area contributed by atoms with Crippen molar-refractivity contribution < 1.29 is 4.79 Å². The van der Waals surface area contributed by atoms with Crippen LogP contribution >= 0.6 is 12.4 Å². The predicted octanol–water partition coefficient (Wildman–Crippen LogP) is 0.742. The number of likely N-dealkylation sites (tertiary alicyclic amines) is 1. The minimum atomic E-state index is 0. The van der Waals surface area contributed by atoms with Crippen LogP contribution in [0, 0.1) is 17.8 Å². The molecule has 1 N–H and O–H groups in total. The average Bonchev–Trinajstić information content (AvgIpc) is 2.56. The maximum atomic E-state index is 11.8. The topological polar surface area (TPSA) is 32.3 Å². The Morgan fingerprint density at radius 3 is 2.79 bits per heavy atom. The Balaban J connectivity index is 0.000000980. The molecule has 1 amide bonds. The molecule has 0 spiro atoms. The Hall–Kier alpha value is -0.280. The molecule has 2 fully saturated rings. The van der Waals surface area contributed by atoms with Gasteiger partial charge in [-0.1, -0.05) is 13.8 Å². The Morgan fingerprint density at radius 2 is 2.21 bits per heavy atom. The van der Waals surface area contributed by atoms with Gasteiger partial charge in [0.15, 0.2) is 0 Å². The second kappa shape index (κ2) is 4.49. The van der Waals surface area contributed by atoms with E-state index in [1.54, 1.807) is 0 Å². The van der Waals surface area contributed by atoms with Crippen molar-refractivity contribution in [2.75, 3.05) is 26.2 Å². The molecule has 0 aliphatic carbocycles. The summed E-state index contributed by atoms with van der Waals surface area (Å²) in [6.45, 7) is 8.18. The van der Waals surface area contributed by atoms with Crippen LogP contribution in [0.25, 0.3) is 0 Å². The van der Waals surface area contributed by atoms with Crippen LogP contribution < -0.4 is 5.32 Å². The number of hydrogen-bond acceptors (Lipinski definition) is 2. The summed E-state index contributed by atoms with van der Waals surface area (Å²) in [4.78, 5) is 13.9. The van der Waals surface area contributed by atoms with Crippen molar-refractivity contribution in [3.63, 3.8) is 0 Å². The van der Waals surface area contributed by atoms with Crippen molar-refractivity contribution in [1.29, 1.82) is 0 Å². The van der Waals surface area contributed by atoms with E-state index in [-0.39, 0.29) is 12.4 Å². The average molecular weight is 219 g/mol. The number of nitrogens with zero attached hydrogens (tertiary/aromatic N) is 1. The molecule has 0 saturated carbocycles. The third-order valence-corrected chi connectivity index (χ3v) is 3.01. The zero-order chi connectivity index (χ0) is 9.42. The first-order valence-electron chi connectivity index (χ1n) is 5.18. The van der Waals surface area contributed by atoms with Crippen LogP contribution in [0.15, 0.2) is 0 Å². The van der Waals surface area contributed by atoms with Crippen LogP contribution in [0.2, 0.25) is 0 Å². The summed E-state index contributed by atoms with van der Waals surface area (Å²) in [5, 5.41) is 3.28. The molecule has 14 heavy (non-hydrogen) atoms. The fourth-order valence-electron chi connectivity index (χ4n) is 2.43. The van der Waals surface area contributed by atoms with Crippen molar-refractivity contribution in [2.45, 2.75) is 13.8 Å². The second-order valence-electron chi connectivity index (χ2n) is 4.66. The lowest BCUT2D eigenvalue weighted by Crippen LogP contribution is -2.33. The maximum Gasteiger partial charge on any atom is 0.227 e. The molecular weight excluding hydrogens is 200 g/mol. The Morgan fingerprint density at radius 1 is 1.50 bits per heavy atom. The van der Waals surface area contributed by atoms with Gasteiger partial charge in [-0.3, -0.25) is 4.79 Å². The second-order valence-corrected chi connectivity index (χ2v) is 4.66. The molecule has 82 valence electrons. The quantitative estimate of drug-likeness (QED) is 0.742. The van der Waals surface area contributed by atoms with Gasteiger partial charge in [0, 0.05) is 32.1 Å². The van der Waals surface area contributed by atoms with Crippen LogP contribution in [-0.2, 0) is 4.79 Å². The summed E-state index contributed by atoms with van der Waals surface area (Å²) in [6.07, 6.45) is 0. The number of halogens is 1. The number of rotatable bonds is 2. The standard InChI is InChI=1S/C10H18N2O.ClH/c1-7(2)5-12-6-8-3-11-4-9(8)10(12)13;/h7-9,11H,3-6H2,1-2H3;1H/t8-,9-;/m1./s1. The first-order valence-corrected chi connectivity index (χ1v) is 5.18. The number of amides is 1. The molecule has 4 heteroatoms. The van der Waals surface area contributed by atoms with Gasteiger partial charge in [0.05, 0.1) is 5.92 Å². The fraction of sp³-hybridized carbons (Fsp3) is 0.900. The molecule has 0 aromatic heterocycles. The van der Waals surface area contributed by atoms with E-state index >= 15 is 0 Å². The van der Waals surface area contributed by atoms with Crippen LogP contribution in [0.4, 0.5) is 0 Å². The lowest BCUT2D eigenvalue weighted by molar-refractivity contribution is -0.131. The summed E-state index contributed by atoms with van der Waals surface area (Å²) in [5.74, 6) is 1.85. The summed E-state index contributed by atoms with van der Waals surface area (Å²) in [6, 6.07) is 0. The smallest absolute Gasteiger partial charge is 0.227 e. The van der Waals surface area contributed by atoms with Gasteiger partial charge in [-0.05, 0) is 5.92 Å². The SMILES string of the molecule is CC(C)CN1C[C@H]2CNC[C@H]2C1=O.Cl. The first-order chi connectivity index (χ1) is 6.18. The van der Waals surface area contributed by atoms with Crippen LogP contribution in [0.3, 0.4) is 0 Å². The third kappa shape index (κ3) is 2.04. The van der Waals surface area contributed by atoms with Gasteiger partial charge >= 0.3 is 0 Å².